The Bertz CT molecular complexity index is 692. The molecule has 1 amide bonds. The van der Waals surface area contributed by atoms with E-state index in [9.17, 15) is 4.79 Å². The van der Waals surface area contributed by atoms with E-state index in [1.54, 1.807) is 14.2 Å². The Labute approximate surface area is 141 Å². The van der Waals surface area contributed by atoms with Crippen LogP contribution in [0.25, 0.3) is 5.69 Å². The summed E-state index contributed by atoms with van der Waals surface area (Å²) in [7, 11) is 3.34. The molecule has 0 atom stereocenters. The van der Waals surface area contributed by atoms with Crippen LogP contribution < -0.4 is 15.0 Å². The quantitative estimate of drug-likeness (QED) is 0.877. The predicted molar refractivity (Wildman–Crippen MR) is 92.8 cm³/mol. The summed E-state index contributed by atoms with van der Waals surface area (Å²) in [5, 5.41) is 2.67. The highest BCUT2D eigenvalue weighted by Gasteiger charge is 2.21. The molecule has 2 heterocycles. The number of imidazole rings is 1. The second kappa shape index (κ2) is 7.35. The number of nitrogens with one attached hydrogen (secondary N) is 1. The first-order chi connectivity index (χ1) is 11.7. The number of rotatable bonds is 5. The number of benzene rings is 1. The second-order valence-corrected chi connectivity index (χ2v) is 5.74. The summed E-state index contributed by atoms with van der Waals surface area (Å²) in [5.41, 5.74) is 1.02. The number of aromatic nitrogens is 2. The van der Waals surface area contributed by atoms with Gasteiger partial charge in [-0.05, 0) is 12.1 Å². The topological polar surface area (TPSA) is 62.6 Å². The summed E-state index contributed by atoms with van der Waals surface area (Å²) in [6.45, 7) is 3.83. The minimum atomic E-state index is 0.0568. The zero-order valence-corrected chi connectivity index (χ0v) is 14.1. The van der Waals surface area contributed by atoms with Crippen LogP contribution in [0.1, 0.15) is 0 Å². The molecule has 24 heavy (non-hydrogen) atoms. The van der Waals surface area contributed by atoms with Crippen molar-refractivity contribution in [3.63, 3.8) is 0 Å². The standard InChI is InChI=1S/C17H23N5O2/c1-18-16(23)13-20-8-10-21(11-9-20)17-19-6-7-22(17)14-4-3-5-15(12-14)24-2/h3-7,12H,8-11,13H2,1-2H3,(H,18,23). The zero-order valence-electron chi connectivity index (χ0n) is 14.1. The van der Waals surface area contributed by atoms with E-state index in [4.69, 9.17) is 4.74 Å². The van der Waals surface area contributed by atoms with Crippen molar-refractivity contribution in [1.82, 2.24) is 19.8 Å². The van der Waals surface area contributed by atoms with E-state index in [1.165, 1.54) is 0 Å². The molecule has 7 nitrogen and oxygen atoms in total. The van der Waals surface area contributed by atoms with Crippen LogP contribution in [0.2, 0.25) is 0 Å². The molecule has 128 valence electrons. The number of nitrogens with zero attached hydrogens (tertiary/aromatic N) is 4. The number of carbonyl (C=O) groups excluding carboxylic acids is 1. The lowest BCUT2D eigenvalue weighted by Gasteiger charge is -2.35. The molecule has 1 aromatic heterocycles. The third kappa shape index (κ3) is 3.51. The van der Waals surface area contributed by atoms with Gasteiger partial charge in [0.1, 0.15) is 5.75 Å². The predicted octanol–water partition coefficient (Wildman–Crippen LogP) is 0.749. The molecule has 2 aromatic rings. The zero-order chi connectivity index (χ0) is 16.9. The number of piperazine rings is 1. The number of anilines is 1. The van der Waals surface area contributed by atoms with E-state index >= 15 is 0 Å². The first-order valence-electron chi connectivity index (χ1n) is 8.07. The molecule has 7 heteroatoms. The van der Waals surface area contributed by atoms with E-state index in [0.29, 0.717) is 6.54 Å². The van der Waals surface area contributed by atoms with Crippen LogP contribution in [0.4, 0.5) is 5.95 Å². The molecule has 1 aliphatic rings. The fraction of sp³-hybridized carbons (Fsp3) is 0.412. The monoisotopic (exact) mass is 329 g/mol. The van der Waals surface area contributed by atoms with Crippen molar-refractivity contribution in [2.24, 2.45) is 0 Å². The van der Waals surface area contributed by atoms with Gasteiger partial charge in [-0.25, -0.2) is 4.98 Å². The Hall–Kier alpha value is -2.54. The third-order valence-corrected chi connectivity index (χ3v) is 4.25. The van der Waals surface area contributed by atoms with Gasteiger partial charge >= 0.3 is 0 Å². The van der Waals surface area contributed by atoms with Crippen molar-refractivity contribution < 1.29 is 9.53 Å². The molecule has 1 aliphatic heterocycles. The molecule has 3 rings (SSSR count). The Morgan fingerprint density at radius 2 is 2.08 bits per heavy atom. The summed E-state index contributed by atoms with van der Waals surface area (Å²) >= 11 is 0. The van der Waals surface area contributed by atoms with Crippen LogP contribution in [-0.4, -0.2) is 67.2 Å². The fourth-order valence-corrected chi connectivity index (χ4v) is 2.88. The highest BCUT2D eigenvalue weighted by Crippen LogP contribution is 2.22. The van der Waals surface area contributed by atoms with Gasteiger partial charge in [0.15, 0.2) is 0 Å². The van der Waals surface area contributed by atoms with Gasteiger partial charge in [0, 0.05) is 51.7 Å². The molecule has 0 aliphatic carbocycles. The van der Waals surface area contributed by atoms with Gasteiger partial charge < -0.3 is 15.0 Å². The lowest BCUT2D eigenvalue weighted by molar-refractivity contribution is -0.121. The Kier molecular flexibility index (Phi) is 5.00. The van der Waals surface area contributed by atoms with E-state index in [-0.39, 0.29) is 5.91 Å². The first kappa shape index (κ1) is 16.3. The van der Waals surface area contributed by atoms with Crippen molar-refractivity contribution in [1.29, 1.82) is 0 Å². The maximum Gasteiger partial charge on any atom is 0.233 e. The molecule has 1 N–H and O–H groups in total. The molecule has 0 radical (unpaired) electrons. The van der Waals surface area contributed by atoms with Gasteiger partial charge in [-0.1, -0.05) is 6.07 Å². The molecule has 0 spiro atoms. The molecular weight excluding hydrogens is 306 g/mol. The van der Waals surface area contributed by atoms with Crippen molar-refractivity contribution in [3.8, 4) is 11.4 Å². The Balaban J connectivity index is 1.71. The molecular formula is C17H23N5O2. The van der Waals surface area contributed by atoms with Crippen LogP contribution in [0.3, 0.4) is 0 Å². The maximum atomic E-state index is 11.5. The van der Waals surface area contributed by atoms with Crippen molar-refractivity contribution >= 4 is 11.9 Å². The number of hydrogen-bond donors (Lipinski definition) is 1. The van der Waals surface area contributed by atoms with Crippen molar-refractivity contribution in [3.05, 3.63) is 36.7 Å². The average Bonchev–Trinajstić information content (AvgIpc) is 3.12. The summed E-state index contributed by atoms with van der Waals surface area (Å²) in [6, 6.07) is 7.93. The summed E-state index contributed by atoms with van der Waals surface area (Å²) in [5.74, 6) is 1.80. The summed E-state index contributed by atoms with van der Waals surface area (Å²) in [4.78, 5) is 20.4. The van der Waals surface area contributed by atoms with Gasteiger partial charge in [-0.3, -0.25) is 14.3 Å². The lowest BCUT2D eigenvalue weighted by Crippen LogP contribution is -2.49. The summed E-state index contributed by atoms with van der Waals surface area (Å²) < 4.78 is 7.37. The highest BCUT2D eigenvalue weighted by atomic mass is 16.5. The number of likely N-dealkylation sites (N-methyl/N-ethyl adjacent to an activating group) is 1. The number of methoxy groups -OCH3 is 1. The third-order valence-electron chi connectivity index (χ3n) is 4.25. The second-order valence-electron chi connectivity index (χ2n) is 5.74. The van der Waals surface area contributed by atoms with Gasteiger partial charge in [-0.15, -0.1) is 0 Å². The molecule has 0 bridgehead atoms. The number of carbonyl (C=O) groups is 1. The molecule has 1 aromatic carbocycles. The molecule has 1 fully saturated rings. The minimum Gasteiger partial charge on any atom is -0.497 e. The molecule has 1 saturated heterocycles. The SMILES string of the molecule is CNC(=O)CN1CCN(c2nccn2-c2cccc(OC)c2)CC1. The number of ether oxygens (including phenoxy) is 1. The van der Waals surface area contributed by atoms with Gasteiger partial charge in [0.25, 0.3) is 0 Å². The highest BCUT2D eigenvalue weighted by molar-refractivity contribution is 5.77. The van der Waals surface area contributed by atoms with Crippen molar-refractivity contribution in [2.75, 3.05) is 51.8 Å². The first-order valence-corrected chi connectivity index (χ1v) is 8.07. The van der Waals surface area contributed by atoms with E-state index < -0.39 is 0 Å². The Morgan fingerprint density at radius 1 is 1.29 bits per heavy atom. The van der Waals surface area contributed by atoms with Crippen LogP contribution in [0, 0.1) is 0 Å². The average molecular weight is 329 g/mol. The normalized spacial score (nSPS) is 15.3. The fourth-order valence-electron chi connectivity index (χ4n) is 2.88. The molecule has 0 saturated carbocycles. The maximum absolute atomic E-state index is 11.5. The van der Waals surface area contributed by atoms with Crippen LogP contribution in [-0.2, 0) is 4.79 Å². The van der Waals surface area contributed by atoms with Crippen LogP contribution >= 0.6 is 0 Å². The minimum absolute atomic E-state index is 0.0568. The smallest absolute Gasteiger partial charge is 0.233 e. The molecule has 0 unspecified atom stereocenters. The van der Waals surface area contributed by atoms with E-state index in [2.05, 4.69) is 24.7 Å². The lowest BCUT2D eigenvalue weighted by atomic mass is 10.3. The van der Waals surface area contributed by atoms with Gasteiger partial charge in [0.05, 0.1) is 19.3 Å². The Morgan fingerprint density at radius 3 is 2.79 bits per heavy atom. The van der Waals surface area contributed by atoms with E-state index in [1.807, 2.05) is 36.7 Å². The summed E-state index contributed by atoms with van der Waals surface area (Å²) in [6.07, 6.45) is 3.77. The van der Waals surface area contributed by atoms with Crippen molar-refractivity contribution in [2.45, 2.75) is 0 Å². The van der Waals surface area contributed by atoms with Gasteiger partial charge in [0.2, 0.25) is 11.9 Å². The van der Waals surface area contributed by atoms with Crippen LogP contribution in [0.5, 0.6) is 5.75 Å². The van der Waals surface area contributed by atoms with Crippen LogP contribution in [0.15, 0.2) is 36.7 Å². The van der Waals surface area contributed by atoms with E-state index in [0.717, 1.165) is 43.6 Å². The number of amides is 1. The largest absolute Gasteiger partial charge is 0.497 e. The number of hydrogen-bond acceptors (Lipinski definition) is 5. The van der Waals surface area contributed by atoms with Gasteiger partial charge in [-0.2, -0.15) is 0 Å².